The van der Waals surface area contributed by atoms with Gasteiger partial charge >= 0.3 is 0 Å². The van der Waals surface area contributed by atoms with Crippen LogP contribution in [0.4, 0.5) is 0 Å². The number of aromatic nitrogens is 3. The fourth-order valence-corrected chi connectivity index (χ4v) is 1.54. The maximum absolute atomic E-state index is 5.44. The molecule has 0 unspecified atom stereocenters. The summed E-state index contributed by atoms with van der Waals surface area (Å²) in [4.78, 5) is 4.21. The van der Waals surface area contributed by atoms with Gasteiger partial charge in [-0.25, -0.2) is 9.67 Å². The maximum Gasteiger partial charge on any atom is 0.208 e. The largest absolute Gasteiger partial charge is 0.497 e. The van der Waals surface area contributed by atoms with Gasteiger partial charge in [0, 0.05) is 0 Å². The Hall–Kier alpha value is -1.95. The summed E-state index contributed by atoms with van der Waals surface area (Å²) in [6, 6.07) is 7.76. The summed E-state index contributed by atoms with van der Waals surface area (Å²) < 4.78 is 6.83. The van der Waals surface area contributed by atoms with E-state index in [-0.39, 0.29) is 4.99 Å². The van der Waals surface area contributed by atoms with E-state index in [0.29, 0.717) is 12.4 Å². The Morgan fingerprint density at radius 1 is 1.53 bits per heavy atom. The summed E-state index contributed by atoms with van der Waals surface area (Å²) in [5.74, 6) is 1.21. The molecule has 1 aromatic carbocycles. The van der Waals surface area contributed by atoms with Crippen LogP contribution in [0.5, 0.6) is 5.75 Å². The Balaban J connectivity index is 2.16. The van der Waals surface area contributed by atoms with Crippen molar-refractivity contribution in [2.24, 2.45) is 5.73 Å². The predicted octanol–water partition coefficient (Wildman–Crippen LogP) is 0.969. The molecular formula is C11H12N4OS. The summed E-state index contributed by atoms with van der Waals surface area (Å²) in [7, 11) is 1.64. The number of nitrogens with zero attached hydrogens (tertiary/aromatic N) is 3. The monoisotopic (exact) mass is 248 g/mol. The molecule has 0 radical (unpaired) electrons. The number of ether oxygens (including phenoxy) is 1. The van der Waals surface area contributed by atoms with Crippen LogP contribution in [-0.4, -0.2) is 26.9 Å². The molecule has 1 heterocycles. The van der Waals surface area contributed by atoms with Crippen LogP contribution in [0.2, 0.25) is 0 Å². The van der Waals surface area contributed by atoms with E-state index < -0.39 is 0 Å². The lowest BCUT2D eigenvalue weighted by atomic mass is 10.2. The van der Waals surface area contributed by atoms with Crippen LogP contribution in [0.15, 0.2) is 30.6 Å². The van der Waals surface area contributed by atoms with E-state index in [9.17, 15) is 0 Å². The number of benzene rings is 1. The fourth-order valence-electron chi connectivity index (χ4n) is 1.44. The molecule has 2 aromatic rings. The number of methoxy groups -OCH3 is 1. The number of hydrogen-bond acceptors (Lipinski definition) is 4. The first kappa shape index (κ1) is 11.5. The third-order valence-corrected chi connectivity index (χ3v) is 2.42. The van der Waals surface area contributed by atoms with Gasteiger partial charge in [-0.15, -0.1) is 5.10 Å². The Labute approximate surface area is 104 Å². The van der Waals surface area contributed by atoms with Crippen LogP contribution in [0.3, 0.4) is 0 Å². The summed E-state index contributed by atoms with van der Waals surface area (Å²) in [5, 5.41) is 4.16. The molecule has 0 spiro atoms. The molecule has 2 rings (SSSR count). The zero-order chi connectivity index (χ0) is 12.3. The highest BCUT2D eigenvalue weighted by Crippen LogP contribution is 2.13. The van der Waals surface area contributed by atoms with Crippen molar-refractivity contribution in [3.8, 4) is 5.75 Å². The molecule has 2 N–H and O–H groups in total. The van der Waals surface area contributed by atoms with E-state index in [0.717, 1.165) is 11.3 Å². The SMILES string of the molecule is COc1cccc(Cn2cnc(C(N)=S)n2)c1. The molecule has 1 aromatic heterocycles. The van der Waals surface area contributed by atoms with Gasteiger partial charge in [-0.1, -0.05) is 24.4 Å². The van der Waals surface area contributed by atoms with Crippen LogP contribution >= 0.6 is 12.2 Å². The second-order valence-electron chi connectivity index (χ2n) is 3.48. The van der Waals surface area contributed by atoms with E-state index in [1.54, 1.807) is 18.1 Å². The standard InChI is InChI=1S/C11H12N4OS/c1-16-9-4-2-3-8(5-9)6-15-7-13-11(14-15)10(12)17/h2-5,7H,6H2,1H3,(H2,12,17). The van der Waals surface area contributed by atoms with Crippen LogP contribution in [0.25, 0.3) is 0 Å². The topological polar surface area (TPSA) is 66.0 Å². The zero-order valence-electron chi connectivity index (χ0n) is 9.33. The van der Waals surface area contributed by atoms with Crippen LogP contribution < -0.4 is 10.5 Å². The van der Waals surface area contributed by atoms with Gasteiger partial charge in [0.05, 0.1) is 13.7 Å². The van der Waals surface area contributed by atoms with E-state index in [2.05, 4.69) is 10.1 Å². The lowest BCUT2D eigenvalue weighted by Crippen LogP contribution is -2.12. The van der Waals surface area contributed by atoms with Crippen molar-refractivity contribution >= 4 is 17.2 Å². The van der Waals surface area contributed by atoms with Crippen LogP contribution in [-0.2, 0) is 6.54 Å². The number of rotatable bonds is 4. The smallest absolute Gasteiger partial charge is 0.208 e. The van der Waals surface area contributed by atoms with Crippen molar-refractivity contribution in [2.75, 3.05) is 7.11 Å². The number of thiocarbonyl (C=S) groups is 1. The second kappa shape index (κ2) is 4.92. The molecular weight excluding hydrogens is 236 g/mol. The van der Waals surface area contributed by atoms with Gasteiger partial charge in [-0.2, -0.15) is 0 Å². The van der Waals surface area contributed by atoms with Gasteiger partial charge in [-0.05, 0) is 17.7 Å². The van der Waals surface area contributed by atoms with Gasteiger partial charge < -0.3 is 10.5 Å². The first-order valence-electron chi connectivity index (χ1n) is 5.01. The highest BCUT2D eigenvalue weighted by Gasteiger charge is 2.04. The third-order valence-electron chi connectivity index (χ3n) is 2.24. The highest BCUT2D eigenvalue weighted by molar-refractivity contribution is 7.80. The molecule has 0 bridgehead atoms. The lowest BCUT2D eigenvalue weighted by molar-refractivity contribution is 0.414. The fraction of sp³-hybridized carbons (Fsp3) is 0.182. The Morgan fingerprint density at radius 3 is 3.00 bits per heavy atom. The molecule has 17 heavy (non-hydrogen) atoms. The third kappa shape index (κ3) is 2.79. The average Bonchev–Trinajstić information content (AvgIpc) is 2.78. The molecule has 0 aliphatic rings. The van der Waals surface area contributed by atoms with Gasteiger partial charge in [0.15, 0.2) is 0 Å². The molecule has 0 saturated heterocycles. The first-order chi connectivity index (χ1) is 8.19. The minimum atomic E-state index is 0.203. The van der Waals surface area contributed by atoms with Crippen LogP contribution in [0.1, 0.15) is 11.4 Å². The molecule has 0 amide bonds. The van der Waals surface area contributed by atoms with Gasteiger partial charge in [0.2, 0.25) is 5.82 Å². The van der Waals surface area contributed by atoms with Crippen molar-refractivity contribution in [1.82, 2.24) is 14.8 Å². The summed E-state index contributed by atoms with van der Waals surface area (Å²) in [6.45, 7) is 0.604. The Bertz CT molecular complexity index is 538. The van der Waals surface area contributed by atoms with Gasteiger partial charge in [-0.3, -0.25) is 0 Å². The molecule has 0 fully saturated rings. The Morgan fingerprint density at radius 2 is 2.35 bits per heavy atom. The lowest BCUT2D eigenvalue weighted by Gasteiger charge is -2.03. The second-order valence-corrected chi connectivity index (χ2v) is 3.92. The normalized spacial score (nSPS) is 10.2. The predicted molar refractivity (Wildman–Crippen MR) is 68.0 cm³/mol. The molecule has 0 aliphatic heterocycles. The van der Waals surface area contributed by atoms with E-state index in [1.165, 1.54) is 0 Å². The molecule has 6 heteroatoms. The van der Waals surface area contributed by atoms with Crippen molar-refractivity contribution in [3.63, 3.8) is 0 Å². The molecule has 0 aliphatic carbocycles. The van der Waals surface area contributed by atoms with Crippen LogP contribution in [0, 0.1) is 0 Å². The minimum Gasteiger partial charge on any atom is -0.497 e. The van der Waals surface area contributed by atoms with Crippen molar-refractivity contribution in [1.29, 1.82) is 0 Å². The van der Waals surface area contributed by atoms with Crippen molar-refractivity contribution in [2.45, 2.75) is 6.54 Å². The number of nitrogens with two attached hydrogens (primary N) is 1. The maximum atomic E-state index is 5.44. The molecule has 0 atom stereocenters. The molecule has 0 saturated carbocycles. The van der Waals surface area contributed by atoms with E-state index >= 15 is 0 Å². The number of hydrogen-bond donors (Lipinski definition) is 1. The first-order valence-corrected chi connectivity index (χ1v) is 5.42. The highest BCUT2D eigenvalue weighted by atomic mass is 32.1. The summed E-state index contributed by atoms with van der Waals surface area (Å²) >= 11 is 4.80. The van der Waals surface area contributed by atoms with E-state index in [4.69, 9.17) is 22.7 Å². The molecule has 88 valence electrons. The van der Waals surface area contributed by atoms with Crippen molar-refractivity contribution in [3.05, 3.63) is 42.0 Å². The molecule has 5 nitrogen and oxygen atoms in total. The quantitative estimate of drug-likeness (QED) is 0.817. The average molecular weight is 248 g/mol. The Kier molecular flexibility index (Phi) is 3.34. The zero-order valence-corrected chi connectivity index (χ0v) is 10.1. The van der Waals surface area contributed by atoms with E-state index in [1.807, 2.05) is 24.3 Å². The minimum absolute atomic E-state index is 0.203. The van der Waals surface area contributed by atoms with Gasteiger partial charge in [0.25, 0.3) is 0 Å². The summed E-state index contributed by atoms with van der Waals surface area (Å²) in [5.41, 5.74) is 6.51. The summed E-state index contributed by atoms with van der Waals surface area (Å²) in [6.07, 6.45) is 1.61. The van der Waals surface area contributed by atoms with Gasteiger partial charge in [0.1, 0.15) is 17.1 Å². The van der Waals surface area contributed by atoms with Crippen molar-refractivity contribution < 1.29 is 4.74 Å².